The van der Waals surface area contributed by atoms with Gasteiger partial charge in [0, 0.05) is 43.3 Å². The maximum absolute atomic E-state index is 7.05. The summed E-state index contributed by atoms with van der Waals surface area (Å²) in [5.74, 6) is 0. The van der Waals surface area contributed by atoms with Gasteiger partial charge < -0.3 is 9.47 Å². The summed E-state index contributed by atoms with van der Waals surface area (Å²) in [5.41, 5.74) is 9.37. The van der Waals surface area contributed by atoms with Gasteiger partial charge in [0.2, 0.25) is 0 Å². The molecule has 8 aromatic rings. The maximum atomic E-state index is 7.05. The number of fused-ring (bicyclic) bond motifs is 6. The van der Waals surface area contributed by atoms with Crippen LogP contribution in [0.15, 0.2) is 185 Å². The van der Waals surface area contributed by atoms with Crippen LogP contribution in [0.5, 0.6) is 0 Å². The van der Waals surface area contributed by atoms with E-state index < -0.39 is 10.0 Å². The Hall–Kier alpha value is -5.22. The van der Waals surface area contributed by atoms with Crippen molar-refractivity contribution in [1.82, 2.24) is 4.57 Å². The van der Waals surface area contributed by atoms with Crippen molar-refractivity contribution in [2.75, 3.05) is 11.2 Å². The lowest BCUT2D eigenvalue weighted by Crippen LogP contribution is -2.10. The summed E-state index contributed by atoms with van der Waals surface area (Å²) in [6, 6.07) is 61.1. The van der Waals surface area contributed by atoms with Gasteiger partial charge in [-0.15, -0.1) is 0 Å². The average molecular weight is 643 g/mol. The van der Waals surface area contributed by atoms with E-state index >= 15 is 0 Å². The zero-order valence-electron chi connectivity index (χ0n) is 25.8. The monoisotopic (exact) mass is 642 g/mol. The molecular formula is C43H31ClN2S. The van der Waals surface area contributed by atoms with E-state index in [0.717, 1.165) is 27.8 Å². The van der Waals surface area contributed by atoms with Crippen LogP contribution in [-0.4, -0.2) is 10.8 Å². The molecular weight excluding hydrogens is 612 g/mol. The highest BCUT2D eigenvalue weighted by Crippen LogP contribution is 2.75. The lowest BCUT2D eigenvalue weighted by molar-refractivity contribution is 1.18. The summed E-state index contributed by atoms with van der Waals surface area (Å²) in [6.45, 7) is 0. The van der Waals surface area contributed by atoms with Crippen LogP contribution in [-0.2, 0) is 0 Å². The molecule has 1 aromatic heterocycles. The van der Waals surface area contributed by atoms with Crippen molar-refractivity contribution in [2.24, 2.45) is 0 Å². The third kappa shape index (κ3) is 4.27. The largest absolute Gasteiger partial charge is 0.310 e. The molecule has 0 fully saturated rings. The van der Waals surface area contributed by atoms with Gasteiger partial charge in [0.25, 0.3) is 0 Å². The molecule has 1 unspecified atom stereocenters. The molecule has 2 nitrogen and oxygen atoms in total. The minimum absolute atomic E-state index is 0.835. The number of anilines is 3. The van der Waals surface area contributed by atoms with Gasteiger partial charge in [-0.05, 0) is 107 Å². The van der Waals surface area contributed by atoms with Gasteiger partial charge in [0.05, 0.1) is 16.1 Å². The third-order valence-electron chi connectivity index (χ3n) is 9.48. The highest BCUT2D eigenvalue weighted by Gasteiger charge is 2.39. The number of benzene rings is 7. The molecule has 0 amide bonds. The van der Waals surface area contributed by atoms with Crippen molar-refractivity contribution in [1.29, 1.82) is 0 Å². The predicted octanol–water partition coefficient (Wildman–Crippen LogP) is 12.8. The molecule has 0 bridgehead atoms. The van der Waals surface area contributed by atoms with Crippen LogP contribution in [0.25, 0.3) is 38.6 Å². The Morgan fingerprint density at radius 1 is 0.511 bits per heavy atom. The van der Waals surface area contributed by atoms with E-state index in [0.29, 0.717) is 0 Å². The van der Waals surface area contributed by atoms with Gasteiger partial charge in [0.1, 0.15) is 0 Å². The minimum atomic E-state index is -1.53. The molecule has 4 heteroatoms. The highest BCUT2D eigenvalue weighted by atomic mass is 35.5. The first kappa shape index (κ1) is 28.0. The second-order valence-corrected chi connectivity index (χ2v) is 15.7. The summed E-state index contributed by atoms with van der Waals surface area (Å²) >= 11 is 7.05. The van der Waals surface area contributed by atoms with Crippen LogP contribution < -0.4 is 4.90 Å². The van der Waals surface area contributed by atoms with E-state index in [-0.39, 0.29) is 0 Å². The molecule has 0 saturated heterocycles. The molecule has 0 spiro atoms. The lowest BCUT2D eigenvalue weighted by atomic mass is 10.0. The number of halogens is 1. The van der Waals surface area contributed by atoms with Crippen molar-refractivity contribution >= 4 is 60.5 Å². The highest BCUT2D eigenvalue weighted by molar-refractivity contribution is 8.33. The van der Waals surface area contributed by atoms with E-state index in [2.05, 4.69) is 180 Å². The number of aromatic nitrogens is 1. The fourth-order valence-corrected chi connectivity index (χ4v) is 11.5. The molecule has 1 aliphatic heterocycles. The standard InChI is InChI=1S/C43H31ClN2S/c1-47(34-18-9-4-10-19-34)42-27-25-33(29-38(42)36-21-13-22-39(44)43(36)47)45(30-14-5-2-6-15-30)32-24-26-41-37(28-32)35-20-11-12-23-40(35)46(41)31-16-7-3-8-17-31/h2-29H,1H3. The first-order chi connectivity index (χ1) is 23.1. The number of hydrogen-bond donors (Lipinski definition) is 0. The van der Waals surface area contributed by atoms with Crippen LogP contribution in [0, 0.1) is 0 Å². The molecule has 0 radical (unpaired) electrons. The van der Waals surface area contributed by atoms with Gasteiger partial charge in [-0.3, -0.25) is 0 Å². The maximum Gasteiger partial charge on any atom is 0.0542 e. The van der Waals surface area contributed by atoms with Crippen molar-refractivity contribution in [3.63, 3.8) is 0 Å². The average Bonchev–Trinajstić information content (AvgIpc) is 3.60. The first-order valence-electron chi connectivity index (χ1n) is 15.8. The summed E-state index contributed by atoms with van der Waals surface area (Å²) in [7, 11) is -1.53. The predicted molar refractivity (Wildman–Crippen MR) is 201 cm³/mol. The molecule has 9 rings (SSSR count). The molecule has 47 heavy (non-hydrogen) atoms. The molecule has 7 aromatic carbocycles. The van der Waals surface area contributed by atoms with Crippen molar-refractivity contribution in [2.45, 2.75) is 14.7 Å². The van der Waals surface area contributed by atoms with Crippen LogP contribution >= 0.6 is 21.6 Å². The Morgan fingerprint density at radius 3 is 1.94 bits per heavy atom. The van der Waals surface area contributed by atoms with E-state index in [1.54, 1.807) is 0 Å². The van der Waals surface area contributed by atoms with Gasteiger partial charge in [-0.2, -0.15) is 10.0 Å². The molecule has 2 heterocycles. The van der Waals surface area contributed by atoms with E-state index in [9.17, 15) is 0 Å². The zero-order valence-corrected chi connectivity index (χ0v) is 27.4. The Labute approximate surface area is 281 Å². The molecule has 0 N–H and O–H groups in total. The number of rotatable bonds is 5. The minimum Gasteiger partial charge on any atom is -0.310 e. The smallest absolute Gasteiger partial charge is 0.0542 e. The topological polar surface area (TPSA) is 8.17 Å². The lowest BCUT2D eigenvalue weighted by Gasteiger charge is -2.35. The summed E-state index contributed by atoms with van der Waals surface area (Å²) in [6.07, 6.45) is 2.39. The fraction of sp³-hybridized carbons (Fsp3) is 0.0233. The molecule has 0 saturated carbocycles. The van der Waals surface area contributed by atoms with Crippen LogP contribution in [0.2, 0.25) is 5.02 Å². The van der Waals surface area contributed by atoms with E-state index in [1.165, 1.54) is 47.6 Å². The van der Waals surface area contributed by atoms with Crippen molar-refractivity contribution < 1.29 is 0 Å². The summed E-state index contributed by atoms with van der Waals surface area (Å²) in [4.78, 5) is 6.30. The Bertz CT molecular complexity index is 2440. The number of nitrogens with zero attached hydrogens (tertiary/aromatic N) is 2. The summed E-state index contributed by atoms with van der Waals surface area (Å²) in [5, 5.41) is 3.30. The third-order valence-corrected chi connectivity index (χ3v) is 13.6. The van der Waals surface area contributed by atoms with Crippen molar-refractivity contribution in [3.8, 4) is 16.8 Å². The van der Waals surface area contributed by atoms with Gasteiger partial charge in [-0.25, -0.2) is 0 Å². The molecule has 226 valence electrons. The Balaban J connectivity index is 1.27. The molecule has 1 atom stereocenters. The van der Waals surface area contributed by atoms with Gasteiger partial charge in [-0.1, -0.05) is 96.5 Å². The Morgan fingerprint density at radius 2 is 1.15 bits per heavy atom. The SMILES string of the molecule is CS1(c2ccccc2)c2ccc(N(c3ccccc3)c3ccc4c(c3)c3ccccc3n4-c3ccccc3)cc2-c2cccc(Cl)c21. The second-order valence-electron chi connectivity index (χ2n) is 12.1. The normalized spacial score (nSPS) is 16.5. The number of para-hydroxylation sites is 3. The quantitative estimate of drug-likeness (QED) is 0.181. The van der Waals surface area contributed by atoms with Crippen LogP contribution in [0.1, 0.15) is 0 Å². The second kappa shape index (κ2) is 10.9. The Kier molecular flexibility index (Phi) is 6.53. The summed E-state index contributed by atoms with van der Waals surface area (Å²) < 4.78 is 2.37. The van der Waals surface area contributed by atoms with Crippen molar-refractivity contribution in [3.05, 3.63) is 175 Å². The fourth-order valence-electron chi connectivity index (χ4n) is 7.39. The first-order valence-corrected chi connectivity index (χ1v) is 18.2. The molecule has 1 aliphatic rings. The van der Waals surface area contributed by atoms with E-state index in [4.69, 9.17) is 11.6 Å². The van der Waals surface area contributed by atoms with Gasteiger partial charge >= 0.3 is 0 Å². The number of hydrogen-bond acceptors (Lipinski definition) is 1. The van der Waals surface area contributed by atoms with Crippen LogP contribution in [0.3, 0.4) is 0 Å². The van der Waals surface area contributed by atoms with E-state index in [1.807, 2.05) is 6.07 Å². The zero-order chi connectivity index (χ0) is 31.5. The van der Waals surface area contributed by atoms with Gasteiger partial charge in [0.15, 0.2) is 0 Å². The molecule has 0 aliphatic carbocycles. The van der Waals surface area contributed by atoms with Crippen LogP contribution in [0.4, 0.5) is 17.1 Å².